The number of hydrogen-bond acceptors (Lipinski definition) is 2. The molecule has 2 heteroatoms. The van der Waals surface area contributed by atoms with E-state index >= 15 is 0 Å². The summed E-state index contributed by atoms with van der Waals surface area (Å²) in [6.45, 7) is 8.40. The molecule has 0 aliphatic heterocycles. The fraction of sp³-hybridized carbons (Fsp3) is 0.333. The highest BCUT2D eigenvalue weighted by Crippen LogP contribution is 2.34. The molecule has 0 amide bonds. The van der Waals surface area contributed by atoms with E-state index in [1.165, 1.54) is 16.7 Å². The maximum atomic E-state index is 6.18. The normalized spacial score (nSPS) is 12.4. The summed E-state index contributed by atoms with van der Waals surface area (Å²) in [5.41, 5.74) is 20.0. The van der Waals surface area contributed by atoms with Gasteiger partial charge in [0.15, 0.2) is 0 Å². The predicted octanol–water partition coefficient (Wildman–Crippen LogP) is 4.32. The highest BCUT2D eigenvalue weighted by atomic mass is 14.6. The van der Waals surface area contributed by atoms with Crippen LogP contribution in [0.1, 0.15) is 47.1 Å². The fourth-order valence-electron chi connectivity index (χ4n) is 2.77. The van der Waals surface area contributed by atoms with Crippen LogP contribution < -0.4 is 11.5 Å². The van der Waals surface area contributed by atoms with Crippen LogP contribution in [0.2, 0.25) is 0 Å². The summed E-state index contributed by atoms with van der Waals surface area (Å²) in [5, 5.41) is 0. The topological polar surface area (TPSA) is 52.0 Å². The van der Waals surface area contributed by atoms with Crippen molar-refractivity contribution in [1.29, 1.82) is 0 Å². The van der Waals surface area contributed by atoms with Gasteiger partial charge in [-0.2, -0.15) is 0 Å². The van der Waals surface area contributed by atoms with Crippen molar-refractivity contribution in [3.8, 4) is 0 Å². The molecule has 0 saturated carbocycles. The first-order chi connectivity index (χ1) is 9.45. The van der Waals surface area contributed by atoms with Gasteiger partial charge in [0.05, 0.1) is 0 Å². The Morgan fingerprint density at radius 3 is 2.20 bits per heavy atom. The second-order valence-electron chi connectivity index (χ2n) is 5.59. The molecule has 0 heterocycles. The summed E-state index contributed by atoms with van der Waals surface area (Å²) >= 11 is 0. The molecule has 2 rings (SSSR count). The first-order valence-electron chi connectivity index (χ1n) is 7.17. The SMILES string of the molecule is CCC(c1ccc(C)c(N)c1)c1ccc(C)c(N)c1C. The third-order valence-corrected chi connectivity index (χ3v) is 4.26. The highest BCUT2D eigenvalue weighted by molar-refractivity contribution is 5.59. The van der Waals surface area contributed by atoms with E-state index < -0.39 is 0 Å². The number of hydrogen-bond donors (Lipinski definition) is 2. The number of anilines is 2. The van der Waals surface area contributed by atoms with Gasteiger partial charge < -0.3 is 11.5 Å². The van der Waals surface area contributed by atoms with Gasteiger partial charge in [0.1, 0.15) is 0 Å². The molecular weight excluding hydrogens is 244 g/mol. The van der Waals surface area contributed by atoms with Crippen LogP contribution in [0.25, 0.3) is 0 Å². The second-order valence-corrected chi connectivity index (χ2v) is 5.59. The average Bonchev–Trinajstić information content (AvgIpc) is 2.43. The zero-order chi connectivity index (χ0) is 14.9. The first kappa shape index (κ1) is 14.4. The monoisotopic (exact) mass is 268 g/mol. The molecule has 0 spiro atoms. The molecule has 1 unspecified atom stereocenters. The lowest BCUT2D eigenvalue weighted by atomic mass is 9.85. The van der Waals surface area contributed by atoms with Crippen LogP contribution in [0.15, 0.2) is 30.3 Å². The molecule has 2 aromatic rings. The van der Waals surface area contributed by atoms with Crippen LogP contribution in [0.4, 0.5) is 11.4 Å². The lowest BCUT2D eigenvalue weighted by Gasteiger charge is -2.21. The number of nitrogen functional groups attached to an aromatic ring is 2. The van der Waals surface area contributed by atoms with E-state index in [1.807, 2.05) is 6.92 Å². The molecule has 2 aromatic carbocycles. The lowest BCUT2D eigenvalue weighted by molar-refractivity contribution is 0.771. The molecule has 0 radical (unpaired) electrons. The summed E-state index contributed by atoms with van der Waals surface area (Å²) in [7, 11) is 0. The number of aryl methyl sites for hydroxylation is 2. The number of benzene rings is 2. The molecule has 0 fully saturated rings. The van der Waals surface area contributed by atoms with Crippen molar-refractivity contribution < 1.29 is 0 Å². The maximum absolute atomic E-state index is 6.18. The predicted molar refractivity (Wildman–Crippen MR) is 88.1 cm³/mol. The van der Waals surface area contributed by atoms with Crippen molar-refractivity contribution in [2.75, 3.05) is 11.5 Å². The zero-order valence-corrected chi connectivity index (χ0v) is 12.8. The molecule has 0 aliphatic rings. The van der Waals surface area contributed by atoms with Crippen molar-refractivity contribution in [3.63, 3.8) is 0 Å². The van der Waals surface area contributed by atoms with Gasteiger partial charge in [0.2, 0.25) is 0 Å². The van der Waals surface area contributed by atoms with Crippen molar-refractivity contribution >= 4 is 11.4 Å². The summed E-state index contributed by atoms with van der Waals surface area (Å²) in [5.74, 6) is 0.348. The lowest BCUT2D eigenvalue weighted by Crippen LogP contribution is -2.06. The Balaban J connectivity index is 2.52. The molecule has 0 saturated heterocycles. The van der Waals surface area contributed by atoms with E-state index in [4.69, 9.17) is 11.5 Å². The van der Waals surface area contributed by atoms with E-state index in [2.05, 4.69) is 51.1 Å². The molecule has 0 aliphatic carbocycles. The Kier molecular flexibility index (Phi) is 4.03. The maximum Gasteiger partial charge on any atom is 0.0376 e. The van der Waals surface area contributed by atoms with Gasteiger partial charge in [-0.25, -0.2) is 0 Å². The highest BCUT2D eigenvalue weighted by Gasteiger charge is 2.16. The van der Waals surface area contributed by atoms with Crippen LogP contribution in [-0.2, 0) is 0 Å². The summed E-state index contributed by atoms with van der Waals surface area (Å²) < 4.78 is 0. The molecule has 0 bridgehead atoms. The molecular formula is C18H24N2. The van der Waals surface area contributed by atoms with E-state index in [1.54, 1.807) is 0 Å². The summed E-state index contributed by atoms with van der Waals surface area (Å²) in [6.07, 6.45) is 1.03. The van der Waals surface area contributed by atoms with Gasteiger partial charge in [-0.3, -0.25) is 0 Å². The Morgan fingerprint density at radius 2 is 1.60 bits per heavy atom. The van der Waals surface area contributed by atoms with Gasteiger partial charge in [0, 0.05) is 17.3 Å². The molecule has 20 heavy (non-hydrogen) atoms. The van der Waals surface area contributed by atoms with Crippen LogP contribution in [-0.4, -0.2) is 0 Å². The standard InChI is InChI=1S/C18H24N2/c1-5-15(14-8-6-11(2)17(19)10-14)16-9-7-12(3)18(20)13(16)4/h6-10,15H,5,19-20H2,1-4H3. The van der Waals surface area contributed by atoms with Crippen LogP contribution in [0, 0.1) is 20.8 Å². The van der Waals surface area contributed by atoms with Crippen molar-refractivity contribution in [2.24, 2.45) is 0 Å². The van der Waals surface area contributed by atoms with Crippen LogP contribution in [0.3, 0.4) is 0 Å². The van der Waals surface area contributed by atoms with Crippen molar-refractivity contribution in [1.82, 2.24) is 0 Å². The van der Waals surface area contributed by atoms with Crippen molar-refractivity contribution in [3.05, 3.63) is 58.1 Å². The third kappa shape index (κ3) is 2.51. The van der Waals surface area contributed by atoms with E-state index in [0.29, 0.717) is 5.92 Å². The zero-order valence-electron chi connectivity index (χ0n) is 12.8. The Hall–Kier alpha value is -1.96. The minimum absolute atomic E-state index is 0.348. The van der Waals surface area contributed by atoms with Crippen LogP contribution >= 0.6 is 0 Å². The quantitative estimate of drug-likeness (QED) is 0.815. The van der Waals surface area contributed by atoms with Gasteiger partial charge in [-0.15, -0.1) is 0 Å². The Labute approximate surface area is 121 Å². The minimum atomic E-state index is 0.348. The number of nitrogens with two attached hydrogens (primary N) is 2. The third-order valence-electron chi connectivity index (χ3n) is 4.26. The van der Waals surface area contributed by atoms with Gasteiger partial charge >= 0.3 is 0 Å². The van der Waals surface area contributed by atoms with E-state index in [-0.39, 0.29) is 0 Å². The Morgan fingerprint density at radius 1 is 0.950 bits per heavy atom. The Bertz CT molecular complexity index is 630. The molecule has 0 aromatic heterocycles. The number of rotatable bonds is 3. The second kappa shape index (κ2) is 5.58. The largest absolute Gasteiger partial charge is 0.399 e. The van der Waals surface area contributed by atoms with Gasteiger partial charge in [0.25, 0.3) is 0 Å². The molecule has 2 nitrogen and oxygen atoms in total. The van der Waals surface area contributed by atoms with Crippen LogP contribution in [0.5, 0.6) is 0 Å². The smallest absolute Gasteiger partial charge is 0.0376 e. The molecule has 4 N–H and O–H groups in total. The summed E-state index contributed by atoms with van der Waals surface area (Å²) in [4.78, 5) is 0. The minimum Gasteiger partial charge on any atom is -0.399 e. The molecule has 1 atom stereocenters. The first-order valence-corrected chi connectivity index (χ1v) is 7.17. The van der Waals surface area contributed by atoms with Crippen molar-refractivity contribution in [2.45, 2.75) is 40.0 Å². The summed E-state index contributed by atoms with van der Waals surface area (Å²) in [6, 6.07) is 10.7. The van der Waals surface area contributed by atoms with Gasteiger partial charge in [-0.05, 0) is 61.1 Å². The van der Waals surface area contributed by atoms with E-state index in [0.717, 1.165) is 28.9 Å². The fourth-order valence-corrected chi connectivity index (χ4v) is 2.77. The van der Waals surface area contributed by atoms with E-state index in [9.17, 15) is 0 Å². The average molecular weight is 268 g/mol. The molecule has 106 valence electrons. The van der Waals surface area contributed by atoms with Gasteiger partial charge in [-0.1, -0.05) is 31.2 Å².